The molecule has 0 aliphatic rings. The fourth-order valence-corrected chi connectivity index (χ4v) is 1.49. The molecule has 14 heavy (non-hydrogen) atoms. The van der Waals surface area contributed by atoms with Crippen molar-refractivity contribution in [3.63, 3.8) is 0 Å². The molecule has 0 bridgehead atoms. The van der Waals surface area contributed by atoms with Gasteiger partial charge in [-0.1, -0.05) is 11.6 Å². The van der Waals surface area contributed by atoms with Gasteiger partial charge in [0.25, 0.3) is 0 Å². The molecular formula is C9H11ClFNO2. The largest absolute Gasteiger partial charge is 0.495 e. The first-order chi connectivity index (χ1) is 6.61. The molecule has 0 aliphatic carbocycles. The van der Waals surface area contributed by atoms with E-state index < -0.39 is 11.9 Å². The van der Waals surface area contributed by atoms with E-state index in [1.807, 2.05) is 0 Å². The molecule has 0 saturated heterocycles. The molecule has 0 spiro atoms. The second kappa shape index (κ2) is 4.59. The van der Waals surface area contributed by atoms with Crippen LogP contribution in [-0.4, -0.2) is 18.8 Å². The molecule has 0 heterocycles. The van der Waals surface area contributed by atoms with Gasteiger partial charge in [0.2, 0.25) is 0 Å². The number of aliphatic hydroxyl groups is 1. The summed E-state index contributed by atoms with van der Waals surface area (Å²) in [5, 5.41) is 9.47. The van der Waals surface area contributed by atoms with Crippen LogP contribution >= 0.6 is 11.6 Å². The Labute approximate surface area is 86.2 Å². The minimum absolute atomic E-state index is 0.0199. The third-order valence-electron chi connectivity index (χ3n) is 1.87. The SMILES string of the molecule is COc1ccc(F)c(C(O)CN)c1Cl. The van der Waals surface area contributed by atoms with Crippen LogP contribution in [0.15, 0.2) is 12.1 Å². The third kappa shape index (κ3) is 1.97. The van der Waals surface area contributed by atoms with Gasteiger partial charge in [-0.2, -0.15) is 0 Å². The van der Waals surface area contributed by atoms with E-state index in [4.69, 9.17) is 22.1 Å². The average molecular weight is 220 g/mol. The van der Waals surface area contributed by atoms with Crippen LogP contribution in [0.4, 0.5) is 4.39 Å². The molecular weight excluding hydrogens is 209 g/mol. The van der Waals surface area contributed by atoms with E-state index in [1.165, 1.54) is 19.2 Å². The molecule has 0 aromatic heterocycles. The zero-order valence-corrected chi connectivity index (χ0v) is 8.38. The zero-order valence-electron chi connectivity index (χ0n) is 7.63. The lowest BCUT2D eigenvalue weighted by atomic mass is 10.1. The molecule has 3 nitrogen and oxygen atoms in total. The van der Waals surface area contributed by atoms with Gasteiger partial charge in [-0.05, 0) is 12.1 Å². The molecule has 0 radical (unpaired) electrons. The Kier molecular flexibility index (Phi) is 3.69. The van der Waals surface area contributed by atoms with Crippen molar-refractivity contribution >= 4 is 11.6 Å². The number of hydrogen-bond donors (Lipinski definition) is 2. The molecule has 1 aromatic rings. The van der Waals surface area contributed by atoms with E-state index in [0.717, 1.165) is 0 Å². The van der Waals surface area contributed by atoms with Crippen molar-refractivity contribution in [2.75, 3.05) is 13.7 Å². The standard InChI is InChI=1S/C9H11ClFNO2/c1-14-7-3-2-5(11)8(9(7)10)6(13)4-12/h2-3,6,13H,4,12H2,1H3. The van der Waals surface area contributed by atoms with Crippen LogP contribution in [0, 0.1) is 5.82 Å². The molecule has 0 fully saturated rings. The number of ether oxygens (including phenoxy) is 1. The van der Waals surface area contributed by atoms with Gasteiger partial charge >= 0.3 is 0 Å². The van der Waals surface area contributed by atoms with Crippen molar-refractivity contribution in [3.05, 3.63) is 28.5 Å². The minimum atomic E-state index is -1.11. The van der Waals surface area contributed by atoms with E-state index in [0.29, 0.717) is 5.75 Å². The first-order valence-electron chi connectivity index (χ1n) is 4.01. The number of methoxy groups -OCH3 is 1. The normalized spacial score (nSPS) is 12.6. The Hall–Kier alpha value is -0.840. The fourth-order valence-electron chi connectivity index (χ4n) is 1.13. The predicted octanol–water partition coefficient (Wildman–Crippen LogP) is 1.48. The molecule has 0 saturated carbocycles. The lowest BCUT2D eigenvalue weighted by Gasteiger charge is -2.13. The second-order valence-corrected chi connectivity index (χ2v) is 3.11. The number of benzene rings is 1. The van der Waals surface area contributed by atoms with Gasteiger partial charge < -0.3 is 15.6 Å². The summed E-state index contributed by atoms with van der Waals surface area (Å²) in [4.78, 5) is 0. The Morgan fingerprint density at radius 2 is 2.29 bits per heavy atom. The highest BCUT2D eigenvalue weighted by atomic mass is 35.5. The van der Waals surface area contributed by atoms with Gasteiger partial charge in [-0.15, -0.1) is 0 Å². The van der Waals surface area contributed by atoms with Gasteiger partial charge in [0.1, 0.15) is 11.6 Å². The van der Waals surface area contributed by atoms with E-state index in [1.54, 1.807) is 0 Å². The molecule has 1 rings (SSSR count). The van der Waals surface area contributed by atoms with Gasteiger partial charge in [-0.25, -0.2) is 4.39 Å². The molecule has 1 aromatic carbocycles. The summed E-state index contributed by atoms with van der Waals surface area (Å²) >= 11 is 5.81. The molecule has 0 aliphatic heterocycles. The summed E-state index contributed by atoms with van der Waals surface area (Å²) in [6.07, 6.45) is -1.11. The van der Waals surface area contributed by atoms with Gasteiger partial charge in [-0.3, -0.25) is 0 Å². The van der Waals surface area contributed by atoms with Gasteiger partial charge in [0.05, 0.1) is 18.2 Å². The smallest absolute Gasteiger partial charge is 0.138 e. The van der Waals surface area contributed by atoms with Gasteiger partial charge in [0.15, 0.2) is 0 Å². The molecule has 0 amide bonds. The Morgan fingerprint density at radius 3 is 2.79 bits per heavy atom. The maximum Gasteiger partial charge on any atom is 0.138 e. The Bertz CT molecular complexity index is 333. The first-order valence-corrected chi connectivity index (χ1v) is 4.39. The topological polar surface area (TPSA) is 55.5 Å². The quantitative estimate of drug-likeness (QED) is 0.810. The summed E-state index contributed by atoms with van der Waals surface area (Å²) < 4.78 is 18.1. The number of aliphatic hydroxyl groups excluding tert-OH is 1. The Balaban J connectivity index is 3.25. The molecule has 1 atom stereocenters. The monoisotopic (exact) mass is 219 g/mol. The lowest BCUT2D eigenvalue weighted by molar-refractivity contribution is 0.181. The number of rotatable bonds is 3. The van der Waals surface area contributed by atoms with Crippen molar-refractivity contribution < 1.29 is 14.2 Å². The predicted molar refractivity (Wildman–Crippen MR) is 52.0 cm³/mol. The van der Waals surface area contributed by atoms with Gasteiger partial charge in [0, 0.05) is 12.1 Å². The summed E-state index contributed by atoms with van der Waals surface area (Å²) in [7, 11) is 1.41. The maximum atomic E-state index is 13.2. The molecule has 1 unspecified atom stereocenters. The number of halogens is 2. The zero-order chi connectivity index (χ0) is 10.7. The summed E-state index contributed by atoms with van der Waals surface area (Å²) in [6.45, 7) is -0.0934. The minimum Gasteiger partial charge on any atom is -0.495 e. The molecule has 5 heteroatoms. The van der Waals surface area contributed by atoms with E-state index in [9.17, 15) is 9.50 Å². The molecule has 3 N–H and O–H groups in total. The summed E-state index contributed by atoms with van der Waals surface area (Å²) in [5.74, 6) is -0.274. The summed E-state index contributed by atoms with van der Waals surface area (Å²) in [6, 6.07) is 2.57. The highest BCUT2D eigenvalue weighted by Gasteiger charge is 2.18. The number of hydrogen-bond acceptors (Lipinski definition) is 3. The summed E-state index contributed by atoms with van der Waals surface area (Å²) in [5.41, 5.74) is 5.20. The van der Waals surface area contributed by atoms with E-state index in [-0.39, 0.29) is 17.1 Å². The van der Waals surface area contributed by atoms with Crippen LogP contribution < -0.4 is 10.5 Å². The molecule has 78 valence electrons. The highest BCUT2D eigenvalue weighted by molar-refractivity contribution is 6.32. The van der Waals surface area contributed by atoms with Crippen LogP contribution in [0.1, 0.15) is 11.7 Å². The fraction of sp³-hybridized carbons (Fsp3) is 0.333. The maximum absolute atomic E-state index is 13.2. The van der Waals surface area contributed by atoms with Crippen LogP contribution in [0.5, 0.6) is 5.75 Å². The number of nitrogens with two attached hydrogens (primary N) is 1. The van der Waals surface area contributed by atoms with Crippen molar-refractivity contribution in [3.8, 4) is 5.75 Å². The van der Waals surface area contributed by atoms with Crippen LogP contribution in [-0.2, 0) is 0 Å². The van der Waals surface area contributed by atoms with Crippen molar-refractivity contribution in [2.24, 2.45) is 5.73 Å². The average Bonchev–Trinajstić information content (AvgIpc) is 2.18. The third-order valence-corrected chi connectivity index (χ3v) is 2.26. The Morgan fingerprint density at radius 1 is 1.64 bits per heavy atom. The van der Waals surface area contributed by atoms with Crippen LogP contribution in [0.2, 0.25) is 5.02 Å². The highest BCUT2D eigenvalue weighted by Crippen LogP contribution is 2.33. The second-order valence-electron chi connectivity index (χ2n) is 2.73. The van der Waals surface area contributed by atoms with E-state index in [2.05, 4.69) is 0 Å². The van der Waals surface area contributed by atoms with Crippen molar-refractivity contribution in [1.82, 2.24) is 0 Å². The van der Waals surface area contributed by atoms with Crippen LogP contribution in [0.25, 0.3) is 0 Å². The van der Waals surface area contributed by atoms with Crippen LogP contribution in [0.3, 0.4) is 0 Å². The van der Waals surface area contributed by atoms with Crippen molar-refractivity contribution in [1.29, 1.82) is 0 Å². The van der Waals surface area contributed by atoms with E-state index >= 15 is 0 Å². The van der Waals surface area contributed by atoms with Crippen molar-refractivity contribution in [2.45, 2.75) is 6.10 Å². The first kappa shape index (κ1) is 11.2. The lowest BCUT2D eigenvalue weighted by Crippen LogP contribution is -2.13.